The van der Waals surface area contributed by atoms with E-state index in [0.29, 0.717) is 17.9 Å². The van der Waals surface area contributed by atoms with Crippen LogP contribution in [-0.2, 0) is 25.4 Å². The van der Waals surface area contributed by atoms with Gasteiger partial charge in [-0.2, -0.15) is 0 Å². The lowest BCUT2D eigenvalue weighted by Crippen LogP contribution is -2.31. The van der Waals surface area contributed by atoms with Crippen molar-refractivity contribution in [3.8, 4) is 0 Å². The molecule has 0 N–H and O–H groups in total. The Kier molecular flexibility index (Phi) is 5.74. The number of rotatable bonds is 4. The average molecular weight is 445 g/mol. The summed E-state index contributed by atoms with van der Waals surface area (Å²) >= 11 is 5.93. The summed E-state index contributed by atoms with van der Waals surface area (Å²) in [6, 6.07) is 4.44. The molecule has 1 aliphatic rings. The molecule has 0 saturated carbocycles. The van der Waals surface area contributed by atoms with E-state index in [2.05, 4.69) is 5.10 Å². The third-order valence-corrected chi connectivity index (χ3v) is 8.38. The van der Waals surface area contributed by atoms with Crippen molar-refractivity contribution in [2.45, 2.75) is 32.1 Å². The number of amides is 1. The molecule has 0 spiro atoms. The highest BCUT2D eigenvalue weighted by molar-refractivity contribution is 8.29. The largest absolute Gasteiger partial charge is 0.464 e. The molecule has 3 rings (SSSR count). The highest BCUT2D eigenvalue weighted by Crippen LogP contribution is 2.33. The first-order valence-corrected chi connectivity index (χ1v) is 11.6. The van der Waals surface area contributed by atoms with Gasteiger partial charge >= 0.3 is 0 Å². The molecule has 8 nitrogen and oxygen atoms in total. The van der Waals surface area contributed by atoms with Crippen molar-refractivity contribution >= 4 is 53.5 Å². The van der Waals surface area contributed by atoms with Gasteiger partial charge in [-0.05, 0) is 24.6 Å². The molecule has 0 saturated heterocycles. The molecule has 0 aliphatic carbocycles. The van der Waals surface area contributed by atoms with Crippen LogP contribution in [0.1, 0.15) is 37.6 Å². The minimum Gasteiger partial charge on any atom is -0.464 e. The van der Waals surface area contributed by atoms with Crippen molar-refractivity contribution in [3.05, 3.63) is 45.3 Å². The second-order valence-electron chi connectivity index (χ2n) is 6.21. The summed E-state index contributed by atoms with van der Waals surface area (Å²) in [5, 5.41) is 3.60. The fraction of sp³-hybridized carbons (Fsp3) is 0.353. The fourth-order valence-electron chi connectivity index (χ4n) is 2.75. The van der Waals surface area contributed by atoms with E-state index in [1.807, 2.05) is 6.92 Å². The van der Waals surface area contributed by atoms with Crippen molar-refractivity contribution in [2.75, 3.05) is 5.75 Å². The Labute approximate surface area is 168 Å². The van der Waals surface area contributed by atoms with Crippen LogP contribution in [-0.4, -0.2) is 33.7 Å². The number of hydrogen-bond donors (Lipinski definition) is 0. The van der Waals surface area contributed by atoms with Gasteiger partial charge in [0.15, 0.2) is 10.8 Å². The van der Waals surface area contributed by atoms with E-state index in [-0.39, 0.29) is 22.3 Å². The number of benzene rings is 1. The van der Waals surface area contributed by atoms with Crippen molar-refractivity contribution in [2.24, 2.45) is 5.10 Å². The monoisotopic (exact) mass is 444 g/mol. The van der Waals surface area contributed by atoms with E-state index in [9.17, 15) is 22.2 Å². The Morgan fingerprint density at radius 2 is 2.11 bits per heavy atom. The predicted molar refractivity (Wildman–Crippen MR) is 107 cm³/mol. The summed E-state index contributed by atoms with van der Waals surface area (Å²) in [5.41, 5.74) is -0.434. The normalized spacial score (nSPS) is 19.8. The van der Waals surface area contributed by atoms with Gasteiger partial charge in [0.2, 0.25) is 20.1 Å². The maximum Gasteiger partial charge on any atom is 0.241 e. The Morgan fingerprint density at radius 3 is 2.75 bits per heavy atom. The van der Waals surface area contributed by atoms with Gasteiger partial charge in [-0.3, -0.25) is 9.59 Å². The standard InChI is InChI=1S/C17H17ClN2O6S2/c1-3-4-7-28(24,25)17-19-20(10(2)21)16(27(17)23)13-9-26-14-6-5-11(18)8-12(14)15(13)22/h5-6,8-9,16H,3-4,7H2,1-2H3. The van der Waals surface area contributed by atoms with E-state index in [0.717, 1.165) is 18.2 Å². The first kappa shape index (κ1) is 20.7. The number of halogens is 1. The van der Waals surface area contributed by atoms with Crippen LogP contribution in [0, 0.1) is 0 Å². The number of carbonyl (C=O) groups excluding carboxylic acids is 1. The summed E-state index contributed by atoms with van der Waals surface area (Å²) in [7, 11) is -6.20. The first-order chi connectivity index (χ1) is 13.2. The summed E-state index contributed by atoms with van der Waals surface area (Å²) in [5.74, 6) is -0.890. The molecule has 2 aromatic rings. The molecule has 0 radical (unpaired) electrons. The number of hydrogen-bond acceptors (Lipinski definition) is 7. The quantitative estimate of drug-likeness (QED) is 0.715. The molecule has 1 aromatic carbocycles. The number of carbonyl (C=O) groups is 1. The van der Waals surface area contributed by atoms with Crippen molar-refractivity contribution in [1.82, 2.24) is 5.01 Å². The van der Waals surface area contributed by atoms with Crippen LogP contribution in [0.15, 0.2) is 38.8 Å². The predicted octanol–water partition coefficient (Wildman–Crippen LogP) is 2.54. The molecule has 28 heavy (non-hydrogen) atoms. The molecular formula is C17H17ClN2O6S2. The summed E-state index contributed by atoms with van der Waals surface area (Å²) < 4.78 is 42.8. The Bertz CT molecular complexity index is 1170. The number of sulfone groups is 1. The van der Waals surface area contributed by atoms with Gasteiger partial charge in [0.1, 0.15) is 22.6 Å². The van der Waals surface area contributed by atoms with Crippen LogP contribution in [0.2, 0.25) is 5.02 Å². The van der Waals surface area contributed by atoms with Gasteiger partial charge in [0.25, 0.3) is 0 Å². The summed E-state index contributed by atoms with van der Waals surface area (Å²) in [6.07, 6.45) is 2.06. The Balaban J connectivity index is 2.13. The van der Waals surface area contributed by atoms with Crippen molar-refractivity contribution < 1.29 is 21.8 Å². The zero-order chi connectivity index (χ0) is 20.6. The highest BCUT2D eigenvalue weighted by Gasteiger charge is 2.45. The van der Waals surface area contributed by atoms with E-state index in [1.54, 1.807) is 6.07 Å². The van der Waals surface area contributed by atoms with Crippen LogP contribution < -0.4 is 5.43 Å². The van der Waals surface area contributed by atoms with Crippen LogP contribution in [0.4, 0.5) is 0 Å². The number of unbranched alkanes of at least 4 members (excludes halogenated alkanes) is 1. The molecule has 0 bridgehead atoms. The second-order valence-corrected chi connectivity index (χ2v) is 10.4. The third kappa shape index (κ3) is 3.63. The lowest BCUT2D eigenvalue weighted by atomic mass is 10.1. The third-order valence-electron chi connectivity index (χ3n) is 4.17. The molecule has 2 heterocycles. The zero-order valence-electron chi connectivity index (χ0n) is 15.0. The average Bonchev–Trinajstić information content (AvgIpc) is 2.99. The number of nitrogens with zero attached hydrogens (tertiary/aromatic N) is 2. The second kappa shape index (κ2) is 7.76. The van der Waals surface area contributed by atoms with Gasteiger partial charge < -0.3 is 4.42 Å². The van der Waals surface area contributed by atoms with Crippen LogP contribution in [0.25, 0.3) is 11.0 Å². The number of hydrazone groups is 1. The van der Waals surface area contributed by atoms with Crippen molar-refractivity contribution in [3.63, 3.8) is 0 Å². The van der Waals surface area contributed by atoms with Crippen LogP contribution in [0.3, 0.4) is 0 Å². The van der Waals surface area contributed by atoms with Gasteiger partial charge in [-0.15, -0.1) is 5.10 Å². The van der Waals surface area contributed by atoms with Gasteiger partial charge in [0.05, 0.1) is 16.7 Å². The molecule has 11 heteroatoms. The topological polar surface area (TPSA) is 114 Å². The summed E-state index contributed by atoms with van der Waals surface area (Å²) in [6.45, 7) is 2.97. The fourth-order valence-corrected chi connectivity index (χ4v) is 6.63. The first-order valence-electron chi connectivity index (χ1n) is 8.40. The van der Waals surface area contributed by atoms with Crippen molar-refractivity contribution in [1.29, 1.82) is 0 Å². The maximum atomic E-state index is 13.0. The minimum absolute atomic E-state index is 0.132. The minimum atomic E-state index is -3.94. The molecule has 1 amide bonds. The molecular weight excluding hydrogens is 428 g/mol. The molecule has 1 aliphatic heterocycles. The molecule has 1 aromatic heterocycles. The Morgan fingerprint density at radius 1 is 1.39 bits per heavy atom. The molecule has 2 unspecified atom stereocenters. The van der Waals surface area contributed by atoms with E-state index in [4.69, 9.17) is 16.0 Å². The van der Waals surface area contributed by atoms with Crippen LogP contribution in [0.5, 0.6) is 0 Å². The van der Waals surface area contributed by atoms with Gasteiger partial charge in [-0.25, -0.2) is 17.6 Å². The van der Waals surface area contributed by atoms with Crippen LogP contribution >= 0.6 is 11.6 Å². The molecule has 0 fully saturated rings. The lowest BCUT2D eigenvalue weighted by molar-refractivity contribution is -0.129. The maximum absolute atomic E-state index is 13.0. The zero-order valence-corrected chi connectivity index (χ0v) is 17.4. The highest BCUT2D eigenvalue weighted by atomic mass is 35.5. The van der Waals surface area contributed by atoms with Gasteiger partial charge in [-0.1, -0.05) is 24.9 Å². The SMILES string of the molecule is CCCCS(=O)(=O)C1=NN(C(C)=O)C(c2coc3ccc(Cl)cc3c2=O)S1=O. The number of fused-ring (bicyclic) bond motifs is 1. The molecule has 2 atom stereocenters. The molecule has 150 valence electrons. The van der Waals surface area contributed by atoms with Gasteiger partial charge in [0, 0.05) is 11.9 Å². The summed E-state index contributed by atoms with van der Waals surface area (Å²) in [4.78, 5) is 24.9. The van der Waals surface area contributed by atoms with E-state index < -0.39 is 41.7 Å². The Hall–Kier alpha value is -2.04. The van der Waals surface area contributed by atoms with E-state index >= 15 is 0 Å². The van der Waals surface area contributed by atoms with E-state index in [1.165, 1.54) is 12.1 Å². The smallest absolute Gasteiger partial charge is 0.241 e. The lowest BCUT2D eigenvalue weighted by Gasteiger charge is -2.18.